The number of aryl methyl sites for hydroxylation is 2. The summed E-state index contributed by atoms with van der Waals surface area (Å²) in [5.74, 6) is -0.0502. The molecule has 1 aromatic carbocycles. The summed E-state index contributed by atoms with van der Waals surface area (Å²) >= 11 is 0. The van der Waals surface area contributed by atoms with E-state index in [2.05, 4.69) is 16.4 Å². The van der Waals surface area contributed by atoms with Gasteiger partial charge in [-0.05, 0) is 50.5 Å². The van der Waals surface area contributed by atoms with Crippen molar-refractivity contribution in [3.63, 3.8) is 0 Å². The van der Waals surface area contributed by atoms with E-state index < -0.39 is 0 Å². The molecule has 1 fully saturated rings. The summed E-state index contributed by atoms with van der Waals surface area (Å²) in [4.78, 5) is 16.7. The molecule has 2 heterocycles. The second-order valence-electron chi connectivity index (χ2n) is 6.01. The molecule has 1 aromatic heterocycles. The van der Waals surface area contributed by atoms with Gasteiger partial charge in [-0.2, -0.15) is 0 Å². The number of hydrogen-bond donors (Lipinski definition) is 1. The molecular formula is C19H22N2O2. The number of carbonyl (C=O) groups excluding carboxylic acids is 1. The molecule has 1 atom stereocenters. The molecule has 0 bridgehead atoms. The van der Waals surface area contributed by atoms with Gasteiger partial charge in [-0.25, -0.2) is 0 Å². The van der Waals surface area contributed by atoms with Gasteiger partial charge >= 0.3 is 0 Å². The van der Waals surface area contributed by atoms with Gasteiger partial charge in [0, 0.05) is 35.7 Å². The molecule has 4 nitrogen and oxygen atoms in total. The first-order valence-corrected chi connectivity index (χ1v) is 8.08. The van der Waals surface area contributed by atoms with Crippen LogP contribution >= 0.6 is 0 Å². The molecule has 23 heavy (non-hydrogen) atoms. The number of nitrogens with one attached hydrogen (secondary N) is 1. The first-order chi connectivity index (χ1) is 11.1. The van der Waals surface area contributed by atoms with Crippen molar-refractivity contribution < 1.29 is 9.53 Å². The summed E-state index contributed by atoms with van der Waals surface area (Å²) in [6.07, 6.45) is 2.28. The van der Waals surface area contributed by atoms with Gasteiger partial charge in [-0.15, -0.1) is 0 Å². The van der Waals surface area contributed by atoms with Gasteiger partial charge in [0.15, 0.2) is 0 Å². The SMILES string of the molecule is Cc1ccc(-c2ccc(C(=O)NC[C@@H]3CCCO3)cc2)c(C)n1. The lowest BCUT2D eigenvalue weighted by Crippen LogP contribution is -2.31. The quantitative estimate of drug-likeness (QED) is 0.943. The number of nitrogens with zero attached hydrogens (tertiary/aromatic N) is 1. The summed E-state index contributed by atoms with van der Waals surface area (Å²) in [5.41, 5.74) is 4.86. The second kappa shape index (κ2) is 6.92. The van der Waals surface area contributed by atoms with E-state index in [1.807, 2.05) is 44.2 Å². The Balaban J connectivity index is 1.67. The molecule has 1 saturated heterocycles. The molecule has 4 heteroatoms. The van der Waals surface area contributed by atoms with Gasteiger partial charge in [-0.1, -0.05) is 18.2 Å². The van der Waals surface area contributed by atoms with Crippen molar-refractivity contribution in [2.75, 3.05) is 13.2 Å². The van der Waals surface area contributed by atoms with Gasteiger partial charge < -0.3 is 10.1 Å². The average Bonchev–Trinajstić information content (AvgIpc) is 3.06. The fourth-order valence-corrected chi connectivity index (χ4v) is 2.91. The highest BCUT2D eigenvalue weighted by Crippen LogP contribution is 2.22. The predicted molar refractivity (Wildman–Crippen MR) is 90.5 cm³/mol. The minimum absolute atomic E-state index is 0.0502. The van der Waals surface area contributed by atoms with E-state index in [-0.39, 0.29) is 12.0 Å². The number of hydrogen-bond acceptors (Lipinski definition) is 3. The molecule has 1 aliphatic heterocycles. The number of aromatic nitrogens is 1. The Morgan fingerprint density at radius 2 is 2.00 bits per heavy atom. The standard InChI is InChI=1S/C19H22N2O2/c1-13-5-10-18(14(2)21-13)15-6-8-16(9-7-15)19(22)20-12-17-4-3-11-23-17/h5-10,17H,3-4,11-12H2,1-2H3,(H,20,22)/t17-/m0/s1. The van der Waals surface area contributed by atoms with Crippen molar-refractivity contribution in [3.05, 3.63) is 53.3 Å². The van der Waals surface area contributed by atoms with Crippen LogP contribution < -0.4 is 5.32 Å². The highest BCUT2D eigenvalue weighted by Gasteiger charge is 2.16. The van der Waals surface area contributed by atoms with E-state index in [9.17, 15) is 4.79 Å². The van der Waals surface area contributed by atoms with Crippen LogP contribution in [-0.4, -0.2) is 30.1 Å². The van der Waals surface area contributed by atoms with E-state index in [0.717, 1.165) is 42.0 Å². The molecule has 0 unspecified atom stereocenters. The Morgan fingerprint density at radius 3 is 2.65 bits per heavy atom. The molecule has 0 spiro atoms. The molecule has 2 aromatic rings. The molecule has 120 valence electrons. The molecule has 0 radical (unpaired) electrons. The minimum Gasteiger partial charge on any atom is -0.376 e. The lowest BCUT2D eigenvalue weighted by atomic mass is 10.0. The number of amides is 1. The molecule has 0 aliphatic carbocycles. The van der Waals surface area contributed by atoms with Crippen molar-refractivity contribution in [3.8, 4) is 11.1 Å². The maximum Gasteiger partial charge on any atom is 0.251 e. The Bertz CT molecular complexity index is 689. The maximum atomic E-state index is 12.2. The molecular weight excluding hydrogens is 288 g/mol. The van der Waals surface area contributed by atoms with Crippen molar-refractivity contribution >= 4 is 5.91 Å². The normalized spacial score (nSPS) is 17.2. The smallest absolute Gasteiger partial charge is 0.251 e. The zero-order valence-electron chi connectivity index (χ0n) is 13.6. The van der Waals surface area contributed by atoms with Crippen LogP contribution in [0.5, 0.6) is 0 Å². The zero-order valence-corrected chi connectivity index (χ0v) is 13.6. The number of benzene rings is 1. The van der Waals surface area contributed by atoms with Crippen LogP contribution in [0.25, 0.3) is 11.1 Å². The fraction of sp³-hybridized carbons (Fsp3) is 0.368. The van der Waals surface area contributed by atoms with Gasteiger partial charge in [0.25, 0.3) is 5.91 Å². The van der Waals surface area contributed by atoms with Gasteiger partial charge in [0.2, 0.25) is 0 Å². The monoisotopic (exact) mass is 310 g/mol. The summed E-state index contributed by atoms with van der Waals surface area (Å²) < 4.78 is 5.52. The van der Waals surface area contributed by atoms with Crippen molar-refractivity contribution in [2.45, 2.75) is 32.8 Å². The van der Waals surface area contributed by atoms with Crippen LogP contribution in [0, 0.1) is 13.8 Å². The van der Waals surface area contributed by atoms with Crippen molar-refractivity contribution in [2.24, 2.45) is 0 Å². The summed E-state index contributed by atoms with van der Waals surface area (Å²) in [5, 5.41) is 2.94. The number of pyridine rings is 1. The molecule has 3 rings (SSSR count). The van der Waals surface area contributed by atoms with E-state index in [0.29, 0.717) is 12.1 Å². The van der Waals surface area contributed by atoms with Crippen molar-refractivity contribution in [1.29, 1.82) is 0 Å². The zero-order chi connectivity index (χ0) is 16.2. The largest absolute Gasteiger partial charge is 0.376 e. The third-order valence-electron chi connectivity index (χ3n) is 4.20. The first kappa shape index (κ1) is 15.7. The lowest BCUT2D eigenvalue weighted by Gasteiger charge is -2.11. The molecule has 1 aliphatic rings. The van der Waals surface area contributed by atoms with E-state index >= 15 is 0 Å². The minimum atomic E-state index is -0.0502. The van der Waals surface area contributed by atoms with Crippen LogP contribution in [0.1, 0.15) is 34.6 Å². The fourth-order valence-electron chi connectivity index (χ4n) is 2.91. The van der Waals surface area contributed by atoms with Gasteiger partial charge in [0.05, 0.1) is 6.10 Å². The Labute approximate surface area is 136 Å². The molecule has 1 amide bonds. The number of ether oxygens (including phenoxy) is 1. The summed E-state index contributed by atoms with van der Waals surface area (Å²) in [7, 11) is 0. The average molecular weight is 310 g/mol. The third-order valence-corrected chi connectivity index (χ3v) is 4.20. The van der Waals surface area contributed by atoms with Crippen LogP contribution in [0.2, 0.25) is 0 Å². The third kappa shape index (κ3) is 3.77. The lowest BCUT2D eigenvalue weighted by molar-refractivity contribution is 0.0858. The van der Waals surface area contributed by atoms with Crippen LogP contribution in [-0.2, 0) is 4.74 Å². The molecule has 0 saturated carbocycles. The van der Waals surface area contributed by atoms with Gasteiger partial charge in [-0.3, -0.25) is 9.78 Å². The second-order valence-corrected chi connectivity index (χ2v) is 6.01. The predicted octanol–water partition coefficient (Wildman–Crippen LogP) is 3.27. The summed E-state index contributed by atoms with van der Waals surface area (Å²) in [6, 6.07) is 11.7. The highest BCUT2D eigenvalue weighted by molar-refractivity contribution is 5.94. The van der Waals surface area contributed by atoms with Crippen LogP contribution in [0.3, 0.4) is 0 Å². The first-order valence-electron chi connectivity index (χ1n) is 8.08. The number of rotatable bonds is 4. The maximum absolute atomic E-state index is 12.2. The Hall–Kier alpha value is -2.20. The van der Waals surface area contributed by atoms with E-state index in [1.165, 1.54) is 0 Å². The highest BCUT2D eigenvalue weighted by atomic mass is 16.5. The number of carbonyl (C=O) groups is 1. The van der Waals surface area contributed by atoms with E-state index in [4.69, 9.17) is 4.74 Å². The van der Waals surface area contributed by atoms with Crippen LogP contribution in [0.15, 0.2) is 36.4 Å². The molecule has 1 N–H and O–H groups in total. The van der Waals surface area contributed by atoms with Crippen LogP contribution in [0.4, 0.5) is 0 Å². The summed E-state index contributed by atoms with van der Waals surface area (Å²) in [6.45, 7) is 5.38. The van der Waals surface area contributed by atoms with Gasteiger partial charge in [0.1, 0.15) is 0 Å². The van der Waals surface area contributed by atoms with E-state index in [1.54, 1.807) is 0 Å². The topological polar surface area (TPSA) is 51.2 Å². The Kier molecular flexibility index (Phi) is 4.72. The Morgan fingerprint density at radius 1 is 1.22 bits per heavy atom. The van der Waals surface area contributed by atoms with Crippen molar-refractivity contribution in [1.82, 2.24) is 10.3 Å².